The first-order chi connectivity index (χ1) is 15.1. The number of rotatable bonds is 10. The van der Waals surface area contributed by atoms with Crippen LogP contribution in [0.4, 0.5) is 5.69 Å². The predicted octanol–water partition coefficient (Wildman–Crippen LogP) is 3.96. The van der Waals surface area contributed by atoms with E-state index in [1.807, 2.05) is 34.9 Å². The number of nitrogens with one attached hydrogen (secondary N) is 1. The molecule has 1 amide bonds. The molecule has 0 aliphatic carbocycles. The van der Waals surface area contributed by atoms with E-state index < -0.39 is 0 Å². The van der Waals surface area contributed by atoms with Crippen LogP contribution in [0.3, 0.4) is 0 Å². The first-order valence-electron chi connectivity index (χ1n) is 9.87. The minimum atomic E-state index is -0.385. The SMILES string of the molecule is C=CCn1c(Cc2ccccc2)nnc1SCC(=O)Nc1ccc(C(=O)OCC)cc1. The average Bonchev–Trinajstić information content (AvgIpc) is 3.15. The van der Waals surface area contributed by atoms with Gasteiger partial charge in [0, 0.05) is 18.7 Å². The fourth-order valence-electron chi connectivity index (χ4n) is 2.88. The Balaban J connectivity index is 1.59. The van der Waals surface area contributed by atoms with Crippen molar-refractivity contribution >= 4 is 29.3 Å². The molecule has 2 aromatic carbocycles. The van der Waals surface area contributed by atoms with Gasteiger partial charge in [0.25, 0.3) is 0 Å². The average molecular weight is 437 g/mol. The number of nitrogens with zero attached hydrogens (tertiary/aromatic N) is 3. The number of ether oxygens (including phenoxy) is 1. The zero-order valence-corrected chi connectivity index (χ0v) is 18.1. The maximum absolute atomic E-state index is 12.4. The summed E-state index contributed by atoms with van der Waals surface area (Å²) >= 11 is 1.32. The molecule has 3 aromatic rings. The Morgan fingerprint density at radius 3 is 2.55 bits per heavy atom. The maximum atomic E-state index is 12.4. The van der Waals surface area contributed by atoms with Gasteiger partial charge in [-0.05, 0) is 36.8 Å². The lowest BCUT2D eigenvalue weighted by molar-refractivity contribution is -0.113. The van der Waals surface area contributed by atoms with E-state index in [0.717, 1.165) is 11.4 Å². The van der Waals surface area contributed by atoms with Gasteiger partial charge in [-0.1, -0.05) is 48.2 Å². The molecule has 8 heteroatoms. The van der Waals surface area contributed by atoms with E-state index in [1.165, 1.54) is 11.8 Å². The van der Waals surface area contributed by atoms with Crippen LogP contribution in [0.2, 0.25) is 0 Å². The van der Waals surface area contributed by atoms with Crippen LogP contribution >= 0.6 is 11.8 Å². The third-order valence-corrected chi connectivity index (χ3v) is 5.29. The Kier molecular flexibility index (Phi) is 8.00. The number of hydrogen-bond donors (Lipinski definition) is 1. The minimum Gasteiger partial charge on any atom is -0.462 e. The van der Waals surface area contributed by atoms with Gasteiger partial charge in [-0.15, -0.1) is 16.8 Å². The molecule has 0 bridgehead atoms. The fraction of sp³-hybridized carbons (Fsp3) is 0.217. The lowest BCUT2D eigenvalue weighted by Crippen LogP contribution is -2.15. The summed E-state index contributed by atoms with van der Waals surface area (Å²) in [7, 11) is 0. The van der Waals surface area contributed by atoms with Gasteiger partial charge in [-0.3, -0.25) is 4.79 Å². The summed E-state index contributed by atoms with van der Waals surface area (Å²) in [5, 5.41) is 12.0. The molecule has 0 unspecified atom stereocenters. The van der Waals surface area contributed by atoms with Gasteiger partial charge in [0.05, 0.1) is 17.9 Å². The van der Waals surface area contributed by atoms with E-state index in [0.29, 0.717) is 36.0 Å². The molecular formula is C23H24N4O3S. The molecule has 3 rings (SSSR count). The smallest absolute Gasteiger partial charge is 0.338 e. The number of benzene rings is 2. The van der Waals surface area contributed by atoms with E-state index in [-0.39, 0.29) is 17.6 Å². The molecule has 0 saturated heterocycles. The zero-order chi connectivity index (χ0) is 22.1. The van der Waals surface area contributed by atoms with Gasteiger partial charge in [0.2, 0.25) is 5.91 Å². The molecule has 31 heavy (non-hydrogen) atoms. The van der Waals surface area contributed by atoms with E-state index in [2.05, 4.69) is 22.1 Å². The lowest BCUT2D eigenvalue weighted by atomic mass is 10.1. The highest BCUT2D eigenvalue weighted by Crippen LogP contribution is 2.20. The van der Waals surface area contributed by atoms with Crippen LogP contribution in [0, 0.1) is 0 Å². The van der Waals surface area contributed by atoms with Gasteiger partial charge in [-0.25, -0.2) is 4.79 Å². The number of allylic oxidation sites excluding steroid dienone is 1. The second-order valence-electron chi connectivity index (χ2n) is 6.60. The molecule has 7 nitrogen and oxygen atoms in total. The van der Waals surface area contributed by atoms with E-state index >= 15 is 0 Å². The van der Waals surface area contributed by atoms with Gasteiger partial charge in [0.1, 0.15) is 5.82 Å². The Morgan fingerprint density at radius 2 is 1.87 bits per heavy atom. The highest BCUT2D eigenvalue weighted by molar-refractivity contribution is 7.99. The summed E-state index contributed by atoms with van der Waals surface area (Å²) in [5.74, 6) is 0.444. The van der Waals surface area contributed by atoms with Crippen LogP contribution in [0.15, 0.2) is 72.4 Å². The molecule has 0 saturated carbocycles. The van der Waals surface area contributed by atoms with Crippen LogP contribution in [0.5, 0.6) is 0 Å². The summed E-state index contributed by atoms with van der Waals surface area (Å²) < 4.78 is 6.92. The normalized spacial score (nSPS) is 10.5. The molecule has 0 radical (unpaired) electrons. The summed E-state index contributed by atoms with van der Waals surface area (Å²) in [6, 6.07) is 16.6. The van der Waals surface area contributed by atoms with Crippen LogP contribution < -0.4 is 5.32 Å². The molecule has 1 N–H and O–H groups in total. The third-order valence-electron chi connectivity index (χ3n) is 4.32. The quantitative estimate of drug-likeness (QED) is 0.294. The molecule has 1 aromatic heterocycles. The van der Waals surface area contributed by atoms with Gasteiger partial charge >= 0.3 is 5.97 Å². The second kappa shape index (κ2) is 11.1. The largest absolute Gasteiger partial charge is 0.462 e. The first-order valence-corrected chi connectivity index (χ1v) is 10.9. The van der Waals surface area contributed by atoms with Crippen LogP contribution in [0.1, 0.15) is 28.7 Å². The number of esters is 1. The number of anilines is 1. The van der Waals surface area contributed by atoms with Crippen molar-refractivity contribution in [3.05, 3.63) is 84.2 Å². The molecular weight excluding hydrogens is 412 g/mol. The molecule has 0 fully saturated rings. The summed E-state index contributed by atoms with van der Waals surface area (Å²) in [5.41, 5.74) is 2.19. The Morgan fingerprint density at radius 1 is 1.13 bits per heavy atom. The van der Waals surface area contributed by atoms with Crippen molar-refractivity contribution in [2.45, 2.75) is 25.0 Å². The third kappa shape index (κ3) is 6.29. The maximum Gasteiger partial charge on any atom is 0.338 e. The monoisotopic (exact) mass is 436 g/mol. The summed E-state index contributed by atoms with van der Waals surface area (Å²) in [6.45, 7) is 6.45. The number of amides is 1. The molecule has 0 atom stereocenters. The Hall–Kier alpha value is -3.39. The molecule has 0 aliphatic rings. The predicted molar refractivity (Wildman–Crippen MR) is 121 cm³/mol. The van der Waals surface area contributed by atoms with Crippen LogP contribution in [-0.4, -0.2) is 39.0 Å². The standard InChI is InChI=1S/C23H24N4O3S/c1-3-14-27-20(15-17-8-6-5-7-9-17)25-26-23(27)31-16-21(28)24-19-12-10-18(11-13-19)22(29)30-4-2/h3,5-13H,1,4,14-16H2,2H3,(H,24,28). The molecule has 1 heterocycles. The van der Waals surface area contributed by atoms with E-state index in [1.54, 1.807) is 37.3 Å². The number of aromatic nitrogens is 3. The summed E-state index contributed by atoms with van der Waals surface area (Å²) in [6.07, 6.45) is 2.44. The van der Waals surface area contributed by atoms with Crippen molar-refractivity contribution in [2.24, 2.45) is 0 Å². The van der Waals surface area contributed by atoms with Crippen molar-refractivity contribution in [2.75, 3.05) is 17.7 Å². The number of carbonyl (C=O) groups excluding carboxylic acids is 2. The van der Waals surface area contributed by atoms with E-state index in [4.69, 9.17) is 4.74 Å². The topological polar surface area (TPSA) is 86.1 Å². The summed E-state index contributed by atoms with van der Waals surface area (Å²) in [4.78, 5) is 24.1. The highest BCUT2D eigenvalue weighted by Gasteiger charge is 2.14. The van der Waals surface area contributed by atoms with E-state index in [9.17, 15) is 9.59 Å². The van der Waals surface area contributed by atoms with Crippen molar-refractivity contribution < 1.29 is 14.3 Å². The van der Waals surface area contributed by atoms with Crippen molar-refractivity contribution in [1.82, 2.24) is 14.8 Å². The fourth-order valence-corrected chi connectivity index (χ4v) is 3.65. The highest BCUT2D eigenvalue weighted by atomic mass is 32.2. The van der Waals surface area contributed by atoms with Crippen molar-refractivity contribution in [1.29, 1.82) is 0 Å². The lowest BCUT2D eigenvalue weighted by Gasteiger charge is -2.09. The van der Waals surface area contributed by atoms with Crippen molar-refractivity contribution in [3.8, 4) is 0 Å². The van der Waals surface area contributed by atoms with Crippen LogP contribution in [0.25, 0.3) is 0 Å². The second-order valence-corrected chi connectivity index (χ2v) is 7.54. The number of carbonyl (C=O) groups is 2. The minimum absolute atomic E-state index is 0.174. The van der Waals surface area contributed by atoms with Gasteiger partial charge in [0.15, 0.2) is 5.16 Å². The van der Waals surface area contributed by atoms with Gasteiger partial charge in [-0.2, -0.15) is 0 Å². The number of hydrogen-bond acceptors (Lipinski definition) is 6. The Labute approximate surface area is 185 Å². The van der Waals surface area contributed by atoms with Crippen molar-refractivity contribution in [3.63, 3.8) is 0 Å². The first kappa shape index (κ1) is 22.3. The molecule has 160 valence electrons. The number of thioether (sulfide) groups is 1. The van der Waals surface area contributed by atoms with Crippen LogP contribution in [-0.2, 0) is 22.5 Å². The zero-order valence-electron chi connectivity index (χ0n) is 17.3. The Bertz CT molecular complexity index is 1030. The molecule has 0 aliphatic heterocycles. The van der Waals surface area contributed by atoms with Gasteiger partial charge < -0.3 is 14.6 Å². The molecule has 0 spiro atoms.